The van der Waals surface area contributed by atoms with Gasteiger partial charge in [-0.05, 0) is 54.9 Å². The molecule has 2 aliphatic rings. The van der Waals surface area contributed by atoms with Crippen molar-refractivity contribution in [1.82, 2.24) is 4.90 Å². The molecule has 0 radical (unpaired) electrons. The van der Waals surface area contributed by atoms with E-state index in [2.05, 4.69) is 25.6 Å². The fraction of sp³-hybridized carbons (Fsp3) is 0.483. The van der Waals surface area contributed by atoms with Gasteiger partial charge in [0.15, 0.2) is 0 Å². The summed E-state index contributed by atoms with van der Waals surface area (Å²) in [4.78, 5) is 15.1. The molecular weight excluding hydrogens is 476 g/mol. The van der Waals surface area contributed by atoms with Crippen molar-refractivity contribution in [3.8, 4) is 11.1 Å². The zero-order valence-electron chi connectivity index (χ0n) is 20.9. The molecule has 7 heteroatoms. The van der Waals surface area contributed by atoms with Crippen molar-refractivity contribution in [2.45, 2.75) is 62.9 Å². The van der Waals surface area contributed by atoms with Crippen LogP contribution in [0, 0.1) is 5.92 Å². The van der Waals surface area contributed by atoms with Crippen LogP contribution in [0.5, 0.6) is 0 Å². The fourth-order valence-corrected chi connectivity index (χ4v) is 5.85. The monoisotopic (exact) mass is 512 g/mol. The van der Waals surface area contributed by atoms with Gasteiger partial charge in [0.2, 0.25) is 5.91 Å². The predicted molar refractivity (Wildman–Crippen MR) is 143 cm³/mol. The number of aliphatic hydroxyl groups is 2. The molecule has 0 spiro atoms. The molecule has 2 aromatic rings. The molecule has 4 unspecified atom stereocenters. The number of amides is 1. The van der Waals surface area contributed by atoms with E-state index in [1.165, 1.54) is 5.56 Å². The largest absolute Gasteiger partial charge is 0.391 e. The summed E-state index contributed by atoms with van der Waals surface area (Å²) in [6.45, 7) is 6.96. The number of allylic oxidation sites excluding steroid dienone is 1. The van der Waals surface area contributed by atoms with Gasteiger partial charge in [-0.2, -0.15) is 0 Å². The number of nitrogens with two attached hydrogens (primary N) is 1. The molecule has 6 nitrogen and oxygen atoms in total. The van der Waals surface area contributed by atoms with E-state index in [0.717, 1.165) is 17.5 Å². The number of hydrogen-bond acceptors (Lipinski definition) is 5. The minimum absolute atomic E-state index is 0.0386. The minimum Gasteiger partial charge on any atom is -0.391 e. The Morgan fingerprint density at radius 2 is 2.08 bits per heavy atom. The third-order valence-electron chi connectivity index (χ3n) is 7.67. The zero-order valence-corrected chi connectivity index (χ0v) is 21.7. The maximum Gasteiger partial charge on any atom is 0.226 e. The van der Waals surface area contributed by atoms with Gasteiger partial charge >= 0.3 is 0 Å². The summed E-state index contributed by atoms with van der Waals surface area (Å²) in [6.07, 6.45) is 3.13. The van der Waals surface area contributed by atoms with Crippen LogP contribution in [0.2, 0.25) is 5.02 Å². The van der Waals surface area contributed by atoms with Gasteiger partial charge in [-0.3, -0.25) is 4.79 Å². The van der Waals surface area contributed by atoms with Crippen LogP contribution in [0.1, 0.15) is 43.7 Å². The topological polar surface area (TPSA) is 96.0 Å². The van der Waals surface area contributed by atoms with Gasteiger partial charge in [-0.25, -0.2) is 0 Å². The van der Waals surface area contributed by atoms with Crippen LogP contribution >= 0.6 is 11.6 Å². The van der Waals surface area contributed by atoms with Gasteiger partial charge in [-0.15, -0.1) is 6.58 Å². The van der Waals surface area contributed by atoms with Crippen molar-refractivity contribution in [3.63, 3.8) is 0 Å². The van der Waals surface area contributed by atoms with Gasteiger partial charge in [0.25, 0.3) is 0 Å². The number of morpholine rings is 1. The molecule has 2 aromatic carbocycles. The van der Waals surface area contributed by atoms with E-state index < -0.39 is 17.8 Å². The van der Waals surface area contributed by atoms with Crippen molar-refractivity contribution in [2.24, 2.45) is 11.7 Å². The molecule has 1 amide bonds. The lowest BCUT2D eigenvalue weighted by molar-refractivity contribution is -0.167. The maximum atomic E-state index is 13.3. The van der Waals surface area contributed by atoms with Crippen LogP contribution in [0.15, 0.2) is 55.1 Å². The number of hydrogen-bond donors (Lipinski definition) is 3. The van der Waals surface area contributed by atoms with Crippen LogP contribution < -0.4 is 5.73 Å². The van der Waals surface area contributed by atoms with Crippen molar-refractivity contribution in [1.29, 1.82) is 0 Å². The smallest absolute Gasteiger partial charge is 0.226 e. The summed E-state index contributed by atoms with van der Waals surface area (Å²) in [6, 6.07) is 13.4. The van der Waals surface area contributed by atoms with Gasteiger partial charge in [0.1, 0.15) is 11.7 Å². The Morgan fingerprint density at radius 1 is 1.31 bits per heavy atom. The molecule has 1 aliphatic carbocycles. The summed E-state index contributed by atoms with van der Waals surface area (Å²) >= 11 is 6.76. The molecule has 1 aliphatic heterocycles. The molecule has 5 atom stereocenters. The Balaban J connectivity index is 1.70. The second-order valence-electron chi connectivity index (χ2n) is 10.0. The van der Waals surface area contributed by atoms with E-state index in [0.29, 0.717) is 49.4 Å². The Bertz CT molecular complexity index is 1080. The van der Waals surface area contributed by atoms with Crippen LogP contribution in [0.3, 0.4) is 0 Å². The molecule has 36 heavy (non-hydrogen) atoms. The van der Waals surface area contributed by atoms with E-state index in [-0.39, 0.29) is 24.4 Å². The maximum absolute atomic E-state index is 13.3. The van der Waals surface area contributed by atoms with Gasteiger partial charge in [0.05, 0.1) is 19.3 Å². The number of aryl methyl sites for hydroxylation is 1. The summed E-state index contributed by atoms with van der Waals surface area (Å²) in [5.74, 6) is -0.350. The highest BCUT2D eigenvalue weighted by atomic mass is 35.5. The van der Waals surface area contributed by atoms with Gasteiger partial charge in [-0.1, -0.05) is 61.0 Å². The number of nitrogens with zero attached hydrogens (tertiary/aromatic N) is 1. The van der Waals surface area contributed by atoms with E-state index in [1.807, 2.05) is 30.3 Å². The third-order valence-corrected chi connectivity index (χ3v) is 7.99. The van der Waals surface area contributed by atoms with E-state index in [4.69, 9.17) is 22.1 Å². The third kappa shape index (κ3) is 5.38. The first kappa shape index (κ1) is 26.8. The Labute approximate surface area is 218 Å². The van der Waals surface area contributed by atoms with E-state index >= 15 is 0 Å². The average molecular weight is 513 g/mol. The predicted octanol–water partition coefficient (Wildman–Crippen LogP) is 4.05. The lowest BCUT2D eigenvalue weighted by Gasteiger charge is -2.43. The first-order chi connectivity index (χ1) is 17.3. The van der Waals surface area contributed by atoms with E-state index in [9.17, 15) is 15.0 Å². The summed E-state index contributed by atoms with van der Waals surface area (Å²) in [5.41, 5.74) is 8.13. The highest BCUT2D eigenvalue weighted by molar-refractivity contribution is 6.33. The van der Waals surface area contributed by atoms with Crippen LogP contribution in [0.4, 0.5) is 0 Å². The molecule has 0 aromatic heterocycles. The number of rotatable bonds is 8. The van der Waals surface area contributed by atoms with Crippen molar-refractivity contribution < 1.29 is 19.7 Å². The van der Waals surface area contributed by atoms with Crippen molar-refractivity contribution in [2.75, 3.05) is 19.7 Å². The van der Waals surface area contributed by atoms with Crippen molar-refractivity contribution >= 4 is 17.5 Å². The molecule has 4 N–H and O–H groups in total. The second-order valence-corrected chi connectivity index (χ2v) is 10.4. The molecule has 1 saturated carbocycles. The lowest BCUT2D eigenvalue weighted by Crippen LogP contribution is -2.55. The lowest BCUT2D eigenvalue weighted by atomic mass is 9.79. The Morgan fingerprint density at radius 3 is 2.78 bits per heavy atom. The molecule has 1 saturated heterocycles. The quantitative estimate of drug-likeness (QED) is 0.464. The summed E-state index contributed by atoms with van der Waals surface area (Å²) < 4.78 is 6.16. The van der Waals surface area contributed by atoms with E-state index in [1.54, 1.807) is 11.0 Å². The first-order valence-corrected chi connectivity index (χ1v) is 13.2. The van der Waals surface area contributed by atoms with Crippen molar-refractivity contribution in [3.05, 3.63) is 71.3 Å². The number of carbonyl (C=O) groups excluding carboxylic acids is 1. The van der Waals surface area contributed by atoms with Crippen LogP contribution in [-0.2, 0) is 21.6 Å². The molecular formula is C29H37ClN2O4. The number of carbonyl (C=O) groups is 1. The molecule has 194 valence electrons. The zero-order chi connectivity index (χ0) is 25.9. The normalized spacial score (nSPS) is 26.0. The number of halogens is 1. The number of ether oxygens (including phenoxy) is 1. The summed E-state index contributed by atoms with van der Waals surface area (Å²) in [7, 11) is 0. The Kier molecular flexibility index (Phi) is 8.53. The van der Waals surface area contributed by atoms with Gasteiger partial charge in [0, 0.05) is 29.1 Å². The number of aliphatic hydroxyl groups excluding tert-OH is 1. The van der Waals surface area contributed by atoms with Gasteiger partial charge < -0.3 is 25.6 Å². The van der Waals surface area contributed by atoms with Crippen LogP contribution in [0.25, 0.3) is 11.1 Å². The van der Waals surface area contributed by atoms with Crippen LogP contribution in [-0.4, -0.2) is 59.0 Å². The second kappa shape index (κ2) is 11.4. The minimum atomic E-state index is -1.40. The standard InChI is InChI=1S/C29H37ClN2O4/c1-3-5-12-29(35,22-10-7-11-23(30)27(22)20-9-6-8-19(4-2)15-20)26-18-32(13-14-36-26)28(34)21-16-24(31)25(33)17-21/h3,6-11,15,21,24-26,33,35H,1,4-5,12-14,16-18,31H2,2H3/t21?,24?,25?,26?,29-/m1/s1. The highest BCUT2D eigenvalue weighted by Gasteiger charge is 2.45. The fourth-order valence-electron chi connectivity index (χ4n) is 5.56. The average Bonchev–Trinajstić information content (AvgIpc) is 3.24. The first-order valence-electron chi connectivity index (χ1n) is 12.8. The molecule has 0 bridgehead atoms. The molecule has 2 fully saturated rings. The SMILES string of the molecule is C=CCC[C@@](O)(c1cccc(Cl)c1-c1cccc(CC)c1)C1CN(C(=O)C2CC(N)C(O)C2)CCO1. The highest BCUT2D eigenvalue weighted by Crippen LogP contribution is 2.43. The molecule has 1 heterocycles. The summed E-state index contributed by atoms with van der Waals surface area (Å²) in [5, 5.41) is 23.0. The Hall–Kier alpha value is -2.22. The molecule has 4 rings (SSSR count). The number of benzene rings is 2.